The highest BCUT2D eigenvalue weighted by Gasteiger charge is 2.29. The lowest BCUT2D eigenvalue weighted by Crippen LogP contribution is -2.25. The zero-order valence-electron chi connectivity index (χ0n) is 81.0. The highest BCUT2D eigenvalue weighted by atomic mass is 16.2. The van der Waals surface area contributed by atoms with Crippen LogP contribution in [0.3, 0.4) is 0 Å². The van der Waals surface area contributed by atoms with Crippen LogP contribution in [0, 0.1) is 43.8 Å². The fourth-order valence-electron chi connectivity index (χ4n) is 12.4. The van der Waals surface area contributed by atoms with Gasteiger partial charge in [-0.25, -0.2) is 0 Å². The molecule has 0 heterocycles. The maximum atomic E-state index is 12.6. The van der Waals surface area contributed by atoms with Crippen molar-refractivity contribution in [3.05, 3.63) is 323 Å². The molecule has 10 aromatic carbocycles. The van der Waals surface area contributed by atoms with Crippen LogP contribution in [0.15, 0.2) is 273 Å². The Kier molecular flexibility index (Phi) is 44.4. The topological polar surface area (TPSA) is 137 Å². The van der Waals surface area contributed by atoms with Gasteiger partial charge >= 0.3 is 0 Å². The van der Waals surface area contributed by atoms with Crippen LogP contribution in [0.2, 0.25) is 0 Å². The van der Waals surface area contributed by atoms with E-state index < -0.39 is 0 Å². The largest absolute Gasteiger partial charge is 0.299 e. The first kappa shape index (κ1) is 108. The number of ketones is 8. The molecule has 1 atom stereocenters. The number of benzene rings is 10. The number of unbranched alkanes of at least 4 members (excludes halogenated alkanes) is 3. The molecule has 0 fully saturated rings. The molecule has 0 aromatic heterocycles. The Morgan fingerprint density at radius 2 is 0.774 bits per heavy atom. The molecule has 8 heteroatoms. The van der Waals surface area contributed by atoms with Crippen molar-refractivity contribution < 1.29 is 38.4 Å². The summed E-state index contributed by atoms with van der Waals surface area (Å²) in [5.74, 6) is 2.15. The molecule has 124 heavy (non-hydrogen) atoms. The Bertz CT molecular complexity index is 4960. The van der Waals surface area contributed by atoms with Crippen molar-refractivity contribution in [1.29, 1.82) is 0 Å². The SMILES string of the molecule is CC(C(=O)C(C)(C)C)c1ccccc1.CC(C)(C)C(=O)/C=C/c1ccccc1.CC(C)(C)C(=O)CCc1ccc(C(C)(C)C)cc1.CC(C)(C)C(=O)CCc1ccccc1.CC(C)(C)C(=O)Cc1ccccc1.CC(C)(C)C(=O)c1cccc2ccccc12.CC(C)C(=O)c1ccc2ccccc2c1.CCCCCC/C(=C\c1ccccc1)C(=O)C(C)(C)C. The summed E-state index contributed by atoms with van der Waals surface area (Å²) in [7, 11) is 0. The first-order chi connectivity index (χ1) is 57.7. The molecule has 0 saturated carbocycles. The van der Waals surface area contributed by atoms with Gasteiger partial charge in [0.2, 0.25) is 0 Å². The molecule has 0 N–H and O–H groups in total. The number of hydrogen-bond donors (Lipinski definition) is 0. The maximum absolute atomic E-state index is 12.6. The number of carbonyl (C=O) groups is 8. The Labute approximate surface area is 749 Å². The van der Waals surface area contributed by atoms with Crippen molar-refractivity contribution in [2.75, 3.05) is 0 Å². The zero-order valence-corrected chi connectivity index (χ0v) is 81.0. The van der Waals surface area contributed by atoms with Gasteiger partial charge in [-0.2, -0.15) is 0 Å². The maximum Gasteiger partial charge on any atom is 0.168 e. The molecule has 0 aliphatic heterocycles. The van der Waals surface area contributed by atoms with Crippen LogP contribution in [0.25, 0.3) is 33.7 Å². The standard InChI is InChI=1S/C19H28O.C17H26O.C15H16O.C14H14O.2C13H18O.C13H16O.C12H16O/c1-5-6-7-11-14-17(18(20)19(2,3)4)15-16-12-9-8-10-13-16;1-16(2,3)14-10-7-13(8-11-14)9-12-15(18)17(4,5)6;1-15(2,3)14(16)13-10-6-8-11-7-4-5-9-12(11)13;1-10(2)14(15)13-8-7-11-5-3-4-6-12(11)9-13;1-10(12(14)13(2,3)4)11-8-6-5-7-9-11;2*1-13(2,3)12(14)10-9-11-7-5-4-6-8-11;1-12(2,3)11(13)9-10-7-5-4-6-8-10/h8-10,12-13,15H,5-7,11,14H2,1-4H3;7-8,10-11H,9,12H2,1-6H3;4-10H,1-3H3;3-10H,1-2H3;5-10H,1-4H3;4-8H,9-10H2,1-3H3;4-10H,1-3H3;4-8H,9H2,1-3H3/b17-15+;;;;;;10-9+;. The van der Waals surface area contributed by atoms with Crippen LogP contribution in [0.5, 0.6) is 0 Å². The molecule has 8 nitrogen and oxygen atoms in total. The summed E-state index contributed by atoms with van der Waals surface area (Å²) >= 11 is 0. The van der Waals surface area contributed by atoms with E-state index in [1.54, 1.807) is 6.08 Å². The molecule has 0 saturated heterocycles. The lowest BCUT2D eigenvalue weighted by atomic mass is 9.81. The molecule has 0 spiro atoms. The molecule has 0 amide bonds. The van der Waals surface area contributed by atoms with Gasteiger partial charge in [0, 0.05) is 80.1 Å². The van der Waals surface area contributed by atoms with Gasteiger partial charge in [-0.05, 0) is 115 Å². The van der Waals surface area contributed by atoms with Gasteiger partial charge in [0.1, 0.15) is 23.1 Å². The highest BCUT2D eigenvalue weighted by Crippen LogP contribution is 2.31. The summed E-state index contributed by atoms with van der Waals surface area (Å²) in [4.78, 5) is 95.3. The van der Waals surface area contributed by atoms with Crippen LogP contribution < -0.4 is 0 Å². The molecular formula is C116H152O8. The van der Waals surface area contributed by atoms with Crippen LogP contribution in [0.1, 0.15) is 304 Å². The molecule has 1 unspecified atom stereocenters. The minimum Gasteiger partial charge on any atom is -0.299 e. The summed E-state index contributed by atoms with van der Waals surface area (Å²) in [6.45, 7) is 56.0. The van der Waals surface area contributed by atoms with Gasteiger partial charge in [0.15, 0.2) is 23.1 Å². The second-order valence-electron chi connectivity index (χ2n) is 40.9. The Morgan fingerprint density at radius 1 is 0.347 bits per heavy atom. The minimum atomic E-state index is -0.329. The predicted molar refractivity (Wildman–Crippen MR) is 530 cm³/mol. The van der Waals surface area contributed by atoms with Crippen LogP contribution >= 0.6 is 0 Å². The third-order valence-electron chi connectivity index (χ3n) is 20.7. The molecule has 0 aliphatic carbocycles. The van der Waals surface area contributed by atoms with E-state index in [2.05, 4.69) is 88.4 Å². The van der Waals surface area contributed by atoms with Crippen molar-refractivity contribution in [3.8, 4) is 0 Å². The number of allylic oxidation sites excluding steroid dienone is 2. The smallest absolute Gasteiger partial charge is 0.168 e. The van der Waals surface area contributed by atoms with Gasteiger partial charge < -0.3 is 0 Å². The number of aryl methyl sites for hydroxylation is 2. The molecule has 10 rings (SSSR count). The van der Waals surface area contributed by atoms with Crippen LogP contribution in [0.4, 0.5) is 0 Å². The van der Waals surface area contributed by atoms with E-state index >= 15 is 0 Å². The number of fused-ring (bicyclic) bond motifs is 2. The molecule has 0 radical (unpaired) electrons. The second-order valence-corrected chi connectivity index (χ2v) is 40.9. The fourth-order valence-corrected chi connectivity index (χ4v) is 12.4. The number of rotatable bonds is 22. The van der Waals surface area contributed by atoms with Gasteiger partial charge in [-0.3, -0.25) is 38.4 Å². The summed E-state index contributed by atoms with van der Waals surface area (Å²) in [5, 5.41) is 4.48. The molecule has 10 aromatic rings. The van der Waals surface area contributed by atoms with Crippen molar-refractivity contribution in [2.24, 2.45) is 43.8 Å². The van der Waals surface area contributed by atoms with Crippen molar-refractivity contribution in [3.63, 3.8) is 0 Å². The average molecular weight is 1670 g/mol. The molecular weight excluding hydrogens is 1520 g/mol. The fraction of sp³-hybridized carbons (Fsp3) is 0.414. The second kappa shape index (κ2) is 51.1. The van der Waals surface area contributed by atoms with E-state index in [0.29, 0.717) is 42.4 Å². The Balaban J connectivity index is 0.000000367. The lowest BCUT2D eigenvalue weighted by Gasteiger charge is -2.21. The Morgan fingerprint density at radius 3 is 1.22 bits per heavy atom. The summed E-state index contributed by atoms with van der Waals surface area (Å²) in [6.07, 6.45) is 14.8. The molecule has 0 aliphatic rings. The van der Waals surface area contributed by atoms with E-state index in [-0.39, 0.29) is 78.3 Å². The van der Waals surface area contributed by atoms with E-state index in [1.165, 1.54) is 41.3 Å². The minimum absolute atomic E-state index is 0.00352. The number of carbonyl (C=O) groups excluding carboxylic acids is 8. The lowest BCUT2D eigenvalue weighted by molar-refractivity contribution is -0.127. The third-order valence-corrected chi connectivity index (χ3v) is 20.7. The summed E-state index contributed by atoms with van der Waals surface area (Å²) in [6, 6.07) is 86.5. The zero-order chi connectivity index (χ0) is 93.5. The van der Waals surface area contributed by atoms with Gasteiger partial charge in [-0.15, -0.1) is 0 Å². The van der Waals surface area contributed by atoms with E-state index in [0.717, 1.165) is 80.8 Å². The highest BCUT2D eigenvalue weighted by molar-refractivity contribution is 6.10. The molecule has 664 valence electrons. The van der Waals surface area contributed by atoms with Crippen molar-refractivity contribution in [2.45, 2.75) is 269 Å². The van der Waals surface area contributed by atoms with E-state index in [9.17, 15) is 38.4 Å². The summed E-state index contributed by atoms with van der Waals surface area (Å²) < 4.78 is 0. The van der Waals surface area contributed by atoms with Crippen molar-refractivity contribution in [1.82, 2.24) is 0 Å². The monoisotopic (exact) mass is 1670 g/mol. The first-order valence-electron chi connectivity index (χ1n) is 44.7. The van der Waals surface area contributed by atoms with Gasteiger partial charge in [-0.1, -0.05) is 474 Å². The Hall–Kier alpha value is -10.4. The first-order valence-corrected chi connectivity index (χ1v) is 44.7. The number of hydrogen-bond acceptors (Lipinski definition) is 8. The average Bonchev–Trinajstić information content (AvgIpc) is 0.801. The normalized spacial score (nSPS) is 12.0. The van der Waals surface area contributed by atoms with E-state index in [4.69, 9.17) is 0 Å². The quantitative estimate of drug-likeness (QED) is 0.0372. The van der Waals surface area contributed by atoms with Crippen LogP contribution in [-0.2, 0) is 53.4 Å². The number of Topliss-reactive ketones (excluding diaryl/α,β-unsaturated/α-hetero) is 7. The summed E-state index contributed by atoms with van der Waals surface area (Å²) in [5.41, 5.74) is 9.20. The van der Waals surface area contributed by atoms with Gasteiger partial charge in [0.05, 0.1) is 0 Å². The van der Waals surface area contributed by atoms with Gasteiger partial charge in [0.25, 0.3) is 0 Å². The predicted octanol–water partition coefficient (Wildman–Crippen LogP) is 30.7. The van der Waals surface area contributed by atoms with Crippen LogP contribution in [-0.4, -0.2) is 46.3 Å². The van der Waals surface area contributed by atoms with E-state index in [1.807, 2.05) is 379 Å². The molecule has 0 bridgehead atoms. The van der Waals surface area contributed by atoms with Crippen molar-refractivity contribution >= 4 is 80.0 Å². The third kappa shape index (κ3) is 41.4.